The number of aliphatic hydroxyl groups is 2. The van der Waals surface area contributed by atoms with Crippen molar-refractivity contribution in [3.8, 4) is 0 Å². The minimum absolute atomic E-state index is 0.882. The summed E-state index contributed by atoms with van der Waals surface area (Å²) in [7, 11) is 0. The van der Waals surface area contributed by atoms with Crippen LogP contribution in [0.2, 0.25) is 0 Å². The van der Waals surface area contributed by atoms with Gasteiger partial charge < -0.3 is 20.4 Å². The van der Waals surface area contributed by atoms with Crippen LogP contribution in [0.25, 0.3) is 0 Å². The van der Waals surface area contributed by atoms with Gasteiger partial charge in [-0.05, 0) is 0 Å². The minimum atomic E-state index is -1.83. The minimum Gasteiger partial charge on any atom is -0.450 e. The van der Waals surface area contributed by atoms with E-state index in [4.69, 9.17) is 25.2 Å². The highest BCUT2D eigenvalue weighted by Gasteiger charge is 2.05. The standard InChI is InChI=1S/C6H10O2.CH2O3/c1-3-5(7)6(8)4-2;2-1(3)4/h3-8H,1-2H2;(H2,2,3,4). The number of hydrogen-bond acceptors (Lipinski definition) is 3. The molecule has 0 heterocycles. The van der Waals surface area contributed by atoms with Crippen LogP contribution in [0.5, 0.6) is 0 Å². The lowest BCUT2D eigenvalue weighted by atomic mass is 10.2. The van der Waals surface area contributed by atoms with Crippen LogP contribution in [-0.4, -0.2) is 38.8 Å². The van der Waals surface area contributed by atoms with E-state index in [1.807, 2.05) is 0 Å². The quantitative estimate of drug-likeness (QED) is 0.464. The van der Waals surface area contributed by atoms with Crippen molar-refractivity contribution < 1.29 is 25.2 Å². The van der Waals surface area contributed by atoms with Crippen molar-refractivity contribution in [2.45, 2.75) is 12.2 Å². The molecule has 0 amide bonds. The van der Waals surface area contributed by atoms with Gasteiger partial charge in [0.05, 0.1) is 0 Å². The molecule has 0 rings (SSSR count). The van der Waals surface area contributed by atoms with E-state index in [0.29, 0.717) is 0 Å². The molecule has 0 aliphatic carbocycles. The fourth-order valence-electron chi connectivity index (χ4n) is 0.279. The molecular weight excluding hydrogens is 164 g/mol. The van der Waals surface area contributed by atoms with E-state index in [1.54, 1.807) is 0 Å². The topological polar surface area (TPSA) is 98.0 Å². The number of rotatable bonds is 3. The first kappa shape index (κ1) is 13.3. The Morgan fingerprint density at radius 2 is 1.25 bits per heavy atom. The maximum absolute atomic E-state index is 8.69. The fourth-order valence-corrected chi connectivity index (χ4v) is 0.279. The molecule has 70 valence electrons. The molecule has 0 saturated carbocycles. The largest absolute Gasteiger partial charge is 0.503 e. The lowest BCUT2D eigenvalue weighted by molar-refractivity contribution is 0.0813. The van der Waals surface area contributed by atoms with Crippen molar-refractivity contribution in [3.05, 3.63) is 25.3 Å². The summed E-state index contributed by atoms with van der Waals surface area (Å²) >= 11 is 0. The van der Waals surface area contributed by atoms with E-state index < -0.39 is 18.4 Å². The first-order valence-electron chi connectivity index (χ1n) is 2.98. The molecule has 2 atom stereocenters. The van der Waals surface area contributed by atoms with Crippen molar-refractivity contribution in [1.82, 2.24) is 0 Å². The number of carboxylic acid groups (broad SMARTS) is 2. The molecule has 0 aromatic rings. The molecule has 0 aliphatic heterocycles. The van der Waals surface area contributed by atoms with Gasteiger partial charge in [-0.3, -0.25) is 0 Å². The van der Waals surface area contributed by atoms with Gasteiger partial charge in [0.25, 0.3) is 0 Å². The Labute approximate surface area is 69.9 Å². The van der Waals surface area contributed by atoms with E-state index in [0.717, 1.165) is 0 Å². The fraction of sp³-hybridized carbons (Fsp3) is 0.286. The number of carbonyl (C=O) groups is 1. The average molecular weight is 176 g/mol. The predicted octanol–water partition coefficient (Wildman–Crippen LogP) is 0.303. The van der Waals surface area contributed by atoms with Crippen LogP contribution in [0.15, 0.2) is 25.3 Å². The average Bonchev–Trinajstić information content (AvgIpc) is 2.00. The molecule has 2 unspecified atom stereocenters. The highest BCUT2D eigenvalue weighted by Crippen LogP contribution is 1.93. The zero-order chi connectivity index (χ0) is 10.1. The summed E-state index contributed by atoms with van der Waals surface area (Å²) < 4.78 is 0. The van der Waals surface area contributed by atoms with Crippen molar-refractivity contribution in [2.24, 2.45) is 0 Å². The van der Waals surface area contributed by atoms with E-state index >= 15 is 0 Å². The molecule has 0 aromatic heterocycles. The van der Waals surface area contributed by atoms with Crippen molar-refractivity contribution in [3.63, 3.8) is 0 Å². The zero-order valence-electron chi connectivity index (χ0n) is 6.42. The lowest BCUT2D eigenvalue weighted by Crippen LogP contribution is -2.20. The smallest absolute Gasteiger partial charge is 0.450 e. The van der Waals surface area contributed by atoms with Gasteiger partial charge in [-0.1, -0.05) is 12.2 Å². The van der Waals surface area contributed by atoms with Crippen LogP contribution >= 0.6 is 0 Å². The highest BCUT2D eigenvalue weighted by molar-refractivity contribution is 5.53. The monoisotopic (exact) mass is 176 g/mol. The molecule has 12 heavy (non-hydrogen) atoms. The summed E-state index contributed by atoms with van der Waals surface area (Å²) in [5.41, 5.74) is 0. The van der Waals surface area contributed by atoms with Crippen LogP contribution in [0, 0.1) is 0 Å². The van der Waals surface area contributed by atoms with Crippen molar-refractivity contribution >= 4 is 6.16 Å². The van der Waals surface area contributed by atoms with Gasteiger partial charge in [-0.15, -0.1) is 13.2 Å². The highest BCUT2D eigenvalue weighted by atomic mass is 16.6. The van der Waals surface area contributed by atoms with Crippen molar-refractivity contribution in [2.75, 3.05) is 0 Å². The van der Waals surface area contributed by atoms with Gasteiger partial charge in [0.1, 0.15) is 12.2 Å². The molecule has 0 aliphatic rings. The summed E-state index contributed by atoms with van der Waals surface area (Å²) in [6.45, 7) is 6.54. The number of hydrogen-bond donors (Lipinski definition) is 4. The van der Waals surface area contributed by atoms with Crippen LogP contribution < -0.4 is 0 Å². The van der Waals surface area contributed by atoms with Gasteiger partial charge in [-0.25, -0.2) is 4.79 Å². The maximum Gasteiger partial charge on any atom is 0.503 e. The van der Waals surface area contributed by atoms with Crippen molar-refractivity contribution in [1.29, 1.82) is 0 Å². The molecule has 0 spiro atoms. The third kappa shape index (κ3) is 11.5. The molecule has 4 N–H and O–H groups in total. The van der Waals surface area contributed by atoms with E-state index in [1.165, 1.54) is 12.2 Å². The second-order valence-electron chi connectivity index (χ2n) is 1.74. The maximum atomic E-state index is 8.69. The Bertz CT molecular complexity index is 138. The molecule has 5 heteroatoms. The molecule has 0 radical (unpaired) electrons. The Morgan fingerprint density at radius 3 is 1.33 bits per heavy atom. The van der Waals surface area contributed by atoms with Crippen LogP contribution in [0.1, 0.15) is 0 Å². The summed E-state index contributed by atoms with van der Waals surface area (Å²) in [6.07, 6.45) is -1.08. The molecule has 5 nitrogen and oxygen atoms in total. The third-order valence-electron chi connectivity index (χ3n) is 0.833. The van der Waals surface area contributed by atoms with Crippen LogP contribution in [-0.2, 0) is 0 Å². The normalized spacial score (nSPS) is 13.2. The van der Waals surface area contributed by atoms with Crippen LogP contribution in [0.4, 0.5) is 4.79 Å². The lowest BCUT2D eigenvalue weighted by Gasteiger charge is -2.06. The predicted molar refractivity (Wildman–Crippen MR) is 43.1 cm³/mol. The van der Waals surface area contributed by atoms with E-state index in [9.17, 15) is 0 Å². The Morgan fingerprint density at radius 1 is 1.08 bits per heavy atom. The summed E-state index contributed by atoms with van der Waals surface area (Å²) in [5.74, 6) is 0. The Balaban J connectivity index is 0. The second kappa shape index (κ2) is 7.77. The van der Waals surface area contributed by atoms with Crippen LogP contribution in [0.3, 0.4) is 0 Å². The summed E-state index contributed by atoms with van der Waals surface area (Å²) in [4.78, 5) is 8.56. The first-order valence-corrected chi connectivity index (χ1v) is 2.98. The van der Waals surface area contributed by atoms with E-state index in [-0.39, 0.29) is 0 Å². The van der Waals surface area contributed by atoms with Gasteiger partial charge in [0.15, 0.2) is 0 Å². The molecule has 0 fully saturated rings. The van der Waals surface area contributed by atoms with Gasteiger partial charge in [0.2, 0.25) is 0 Å². The molecule has 0 saturated heterocycles. The van der Waals surface area contributed by atoms with Gasteiger partial charge in [0, 0.05) is 0 Å². The molecule has 0 aromatic carbocycles. The SMILES string of the molecule is C=CC(O)C(O)C=C.O=C(O)O. The second-order valence-corrected chi connectivity index (χ2v) is 1.74. The third-order valence-corrected chi connectivity index (χ3v) is 0.833. The summed E-state index contributed by atoms with van der Waals surface area (Å²) in [6, 6.07) is 0. The van der Waals surface area contributed by atoms with Gasteiger partial charge >= 0.3 is 6.16 Å². The van der Waals surface area contributed by atoms with E-state index in [2.05, 4.69) is 13.2 Å². The number of aliphatic hydroxyl groups excluding tert-OH is 2. The Hall–Kier alpha value is -1.33. The Kier molecular flexibility index (Phi) is 8.60. The molecular formula is C7H12O5. The molecule has 0 bridgehead atoms. The van der Waals surface area contributed by atoms with Gasteiger partial charge in [-0.2, -0.15) is 0 Å². The first-order chi connectivity index (χ1) is 5.45. The summed E-state index contributed by atoms with van der Waals surface area (Å²) in [5, 5.41) is 31.3. The zero-order valence-corrected chi connectivity index (χ0v) is 6.42.